The van der Waals surface area contributed by atoms with Crippen LogP contribution < -0.4 is 9.64 Å². The number of aryl methyl sites for hydroxylation is 2. The van der Waals surface area contributed by atoms with Crippen molar-refractivity contribution in [1.29, 1.82) is 0 Å². The molecule has 0 radical (unpaired) electrons. The summed E-state index contributed by atoms with van der Waals surface area (Å²) in [4.78, 5) is 2.04. The first kappa shape index (κ1) is 18.3. The molecule has 2 N–H and O–H groups in total. The molecule has 0 aliphatic heterocycles. The van der Waals surface area contributed by atoms with Gasteiger partial charge in [-0.25, -0.2) is 0 Å². The number of aromatic amines is 2. The van der Waals surface area contributed by atoms with Gasteiger partial charge >= 0.3 is 0 Å². The molecule has 0 atom stereocenters. The van der Waals surface area contributed by atoms with Gasteiger partial charge in [0.2, 0.25) is 0 Å². The molecule has 0 saturated heterocycles. The molecule has 1 aromatic heterocycles. The van der Waals surface area contributed by atoms with Crippen LogP contribution in [0, 0.1) is 11.6 Å². The van der Waals surface area contributed by atoms with Crippen molar-refractivity contribution >= 4 is 17.9 Å². The van der Waals surface area contributed by atoms with E-state index in [-0.39, 0.29) is 0 Å². The Morgan fingerprint density at radius 2 is 1.77 bits per heavy atom. The van der Waals surface area contributed by atoms with Crippen molar-refractivity contribution in [2.45, 2.75) is 20.3 Å². The van der Waals surface area contributed by atoms with E-state index in [0.717, 1.165) is 40.2 Å². The fourth-order valence-corrected chi connectivity index (χ4v) is 3.52. The van der Waals surface area contributed by atoms with Gasteiger partial charge in [-0.2, -0.15) is 0 Å². The second kappa shape index (κ2) is 7.38. The number of H-pyrrole nitrogens is 2. The lowest BCUT2D eigenvalue weighted by molar-refractivity contribution is 0.415. The monoisotopic (exact) mass is 367 g/mol. The van der Waals surface area contributed by atoms with Gasteiger partial charge in [-0.15, -0.1) is 0 Å². The van der Waals surface area contributed by atoms with Crippen LogP contribution in [0.4, 0.5) is 5.69 Å². The molecule has 0 saturated carbocycles. The van der Waals surface area contributed by atoms with E-state index in [2.05, 4.69) is 54.4 Å². The lowest BCUT2D eigenvalue weighted by atomic mass is 9.97. The van der Waals surface area contributed by atoms with Crippen molar-refractivity contribution in [2.24, 2.45) is 0 Å². The lowest BCUT2D eigenvalue weighted by Crippen LogP contribution is -2.10. The van der Waals surface area contributed by atoms with Gasteiger partial charge in [-0.05, 0) is 48.2 Å². The fourth-order valence-electron chi connectivity index (χ4n) is 3.25. The molecule has 5 heteroatoms. The summed E-state index contributed by atoms with van der Waals surface area (Å²) in [5, 5.41) is 6.37. The number of methoxy groups -OCH3 is 1. The minimum absolute atomic E-state index is 0.702. The molecular formula is C21H25N3OS. The van der Waals surface area contributed by atoms with Crippen molar-refractivity contribution in [2.75, 3.05) is 26.1 Å². The average molecular weight is 368 g/mol. The average Bonchev–Trinajstić information content (AvgIpc) is 3.03. The zero-order chi connectivity index (χ0) is 18.8. The van der Waals surface area contributed by atoms with Crippen LogP contribution in [-0.4, -0.2) is 31.4 Å². The van der Waals surface area contributed by atoms with E-state index in [9.17, 15) is 0 Å². The number of nitrogens with one attached hydrogen (secondary N) is 2. The summed E-state index contributed by atoms with van der Waals surface area (Å²) >= 11 is 5.58. The summed E-state index contributed by atoms with van der Waals surface area (Å²) in [6.07, 6.45) is 1.01. The van der Waals surface area contributed by atoms with Crippen molar-refractivity contribution in [3.05, 3.63) is 52.2 Å². The van der Waals surface area contributed by atoms with Gasteiger partial charge in [0, 0.05) is 25.2 Å². The van der Waals surface area contributed by atoms with Crippen LogP contribution >= 0.6 is 12.2 Å². The number of hydrogen-bond donors (Lipinski definition) is 2. The predicted molar refractivity (Wildman–Crippen MR) is 112 cm³/mol. The molecular weight excluding hydrogens is 342 g/mol. The molecule has 0 aliphatic rings. The largest absolute Gasteiger partial charge is 0.495 e. The first-order chi connectivity index (χ1) is 12.5. The Labute approximate surface area is 159 Å². The Balaban J connectivity index is 2.18. The second-order valence-corrected chi connectivity index (χ2v) is 7.01. The van der Waals surface area contributed by atoms with Gasteiger partial charge in [0.15, 0.2) is 0 Å². The summed E-state index contributed by atoms with van der Waals surface area (Å²) < 4.78 is 6.19. The van der Waals surface area contributed by atoms with E-state index in [1.54, 1.807) is 7.11 Å². The number of ether oxygens (including phenoxy) is 1. The first-order valence-electron chi connectivity index (χ1n) is 8.72. The SMILES string of the molecule is CCc1cc(-c2[nH][nH]c(=S)c2-c2ccc(OC)c(N(C)C)c2)ccc1C. The smallest absolute Gasteiger partial charge is 0.142 e. The molecule has 2 aromatic carbocycles. The van der Waals surface area contributed by atoms with Crippen molar-refractivity contribution < 1.29 is 4.74 Å². The van der Waals surface area contributed by atoms with Crippen molar-refractivity contribution in [3.8, 4) is 28.1 Å². The maximum Gasteiger partial charge on any atom is 0.142 e. The van der Waals surface area contributed by atoms with Crippen molar-refractivity contribution in [3.63, 3.8) is 0 Å². The number of nitrogens with zero attached hydrogens (tertiary/aromatic N) is 1. The van der Waals surface area contributed by atoms with Gasteiger partial charge in [0.1, 0.15) is 10.4 Å². The van der Waals surface area contributed by atoms with Gasteiger partial charge in [0.25, 0.3) is 0 Å². The molecule has 26 heavy (non-hydrogen) atoms. The van der Waals surface area contributed by atoms with E-state index in [4.69, 9.17) is 17.0 Å². The molecule has 3 aromatic rings. The topological polar surface area (TPSA) is 44.1 Å². The van der Waals surface area contributed by atoms with E-state index < -0.39 is 0 Å². The summed E-state index contributed by atoms with van der Waals surface area (Å²) in [5.74, 6) is 0.842. The Hall–Kier alpha value is -2.53. The zero-order valence-electron chi connectivity index (χ0n) is 15.9. The van der Waals surface area contributed by atoms with Crippen LogP contribution in [0.1, 0.15) is 18.1 Å². The van der Waals surface area contributed by atoms with E-state index in [0.29, 0.717) is 4.64 Å². The number of benzene rings is 2. The van der Waals surface area contributed by atoms with Crippen LogP contribution in [-0.2, 0) is 6.42 Å². The van der Waals surface area contributed by atoms with Gasteiger partial charge in [0.05, 0.1) is 18.5 Å². The minimum Gasteiger partial charge on any atom is -0.495 e. The van der Waals surface area contributed by atoms with Crippen LogP contribution in [0.2, 0.25) is 0 Å². The zero-order valence-corrected chi connectivity index (χ0v) is 16.8. The normalized spacial score (nSPS) is 10.8. The highest BCUT2D eigenvalue weighted by molar-refractivity contribution is 7.71. The molecule has 0 bridgehead atoms. The molecule has 0 fully saturated rings. The summed E-state index contributed by atoms with van der Waals surface area (Å²) in [6, 6.07) is 12.7. The molecule has 0 unspecified atom stereocenters. The first-order valence-corrected chi connectivity index (χ1v) is 9.13. The third-order valence-corrected chi connectivity index (χ3v) is 5.05. The lowest BCUT2D eigenvalue weighted by Gasteiger charge is -2.18. The highest BCUT2D eigenvalue weighted by atomic mass is 32.1. The van der Waals surface area contributed by atoms with E-state index >= 15 is 0 Å². The van der Waals surface area contributed by atoms with E-state index in [1.165, 1.54) is 11.1 Å². The third kappa shape index (κ3) is 3.27. The number of anilines is 1. The van der Waals surface area contributed by atoms with Gasteiger partial charge in [-0.3, -0.25) is 10.2 Å². The molecule has 0 amide bonds. The maximum absolute atomic E-state index is 5.58. The number of aromatic nitrogens is 2. The summed E-state index contributed by atoms with van der Waals surface area (Å²) in [5.41, 5.74) is 7.90. The van der Waals surface area contributed by atoms with Crippen molar-refractivity contribution in [1.82, 2.24) is 10.2 Å². The van der Waals surface area contributed by atoms with Crippen LogP contribution in [0.25, 0.3) is 22.4 Å². The second-order valence-electron chi connectivity index (χ2n) is 6.60. The van der Waals surface area contributed by atoms with E-state index in [1.807, 2.05) is 25.1 Å². The van der Waals surface area contributed by atoms with Crippen LogP contribution in [0.5, 0.6) is 5.75 Å². The molecule has 3 rings (SSSR count). The standard InChI is InChI=1S/C21H25N3OS/c1-6-14-11-16(8-7-13(14)2)20-19(21(26)23-22-20)15-9-10-18(25-5)17(12-15)24(3)4/h7-12H,6H2,1-5H3,(H2,22,23,26). The summed E-state index contributed by atoms with van der Waals surface area (Å²) in [7, 11) is 5.70. The van der Waals surface area contributed by atoms with Gasteiger partial charge in [-0.1, -0.05) is 37.3 Å². The van der Waals surface area contributed by atoms with Crippen LogP contribution in [0.3, 0.4) is 0 Å². The van der Waals surface area contributed by atoms with Crippen LogP contribution in [0.15, 0.2) is 36.4 Å². The predicted octanol–water partition coefficient (Wildman–Crippen LogP) is 5.35. The number of hydrogen-bond acceptors (Lipinski definition) is 3. The Morgan fingerprint density at radius 1 is 1.04 bits per heavy atom. The third-order valence-electron chi connectivity index (χ3n) is 4.75. The molecule has 136 valence electrons. The Kier molecular flexibility index (Phi) is 5.18. The molecule has 0 aliphatic carbocycles. The highest BCUT2D eigenvalue weighted by Crippen LogP contribution is 2.37. The maximum atomic E-state index is 5.58. The Bertz CT molecular complexity index is 985. The highest BCUT2D eigenvalue weighted by Gasteiger charge is 2.15. The molecule has 0 spiro atoms. The molecule has 4 nitrogen and oxygen atoms in total. The minimum atomic E-state index is 0.702. The fraction of sp³-hybridized carbons (Fsp3) is 0.286. The Morgan fingerprint density at radius 3 is 2.42 bits per heavy atom. The number of rotatable bonds is 5. The molecule has 1 heterocycles. The quantitative estimate of drug-likeness (QED) is 0.597. The van der Waals surface area contributed by atoms with Gasteiger partial charge < -0.3 is 9.64 Å². The summed E-state index contributed by atoms with van der Waals surface area (Å²) in [6.45, 7) is 4.33.